The van der Waals surface area contributed by atoms with Gasteiger partial charge in [-0.05, 0) is 37.5 Å². The fourth-order valence-electron chi connectivity index (χ4n) is 3.51. The van der Waals surface area contributed by atoms with E-state index in [4.69, 9.17) is 0 Å². The van der Waals surface area contributed by atoms with Gasteiger partial charge < -0.3 is 0 Å². The molecule has 0 bridgehead atoms. The lowest BCUT2D eigenvalue weighted by molar-refractivity contribution is 0.253. The molecule has 0 aliphatic carbocycles. The predicted molar refractivity (Wildman–Crippen MR) is 125 cm³/mol. The first-order valence-corrected chi connectivity index (χ1v) is 10.9. The third-order valence-corrected chi connectivity index (χ3v) is 5.83. The van der Waals surface area contributed by atoms with Crippen molar-refractivity contribution in [3.63, 3.8) is 0 Å². The molecule has 3 N–H and O–H groups in total. The molecule has 0 saturated carbocycles. The number of amides is 2. The van der Waals surface area contributed by atoms with Gasteiger partial charge in [0.15, 0.2) is 5.65 Å². The van der Waals surface area contributed by atoms with Gasteiger partial charge in [-0.25, -0.2) is 20.2 Å². The molecule has 2 amide bonds. The Kier molecular flexibility index (Phi) is 5.60. The van der Waals surface area contributed by atoms with E-state index >= 15 is 0 Å². The SMILES string of the molecule is Cc1cccc(-c2nc(NC(=O)NNc3cc(C(C)C)c4c(C)nn(C)c4n3)cs2)c1. The number of fused-ring (bicyclic) bond motifs is 1. The van der Waals surface area contributed by atoms with Gasteiger partial charge in [0.2, 0.25) is 0 Å². The number of aromatic nitrogens is 4. The second kappa shape index (κ2) is 8.35. The van der Waals surface area contributed by atoms with E-state index in [1.807, 2.05) is 50.5 Å². The Balaban J connectivity index is 1.46. The highest BCUT2D eigenvalue weighted by molar-refractivity contribution is 7.13. The maximum absolute atomic E-state index is 12.4. The molecule has 9 heteroatoms. The molecule has 0 aliphatic rings. The Labute approximate surface area is 184 Å². The molecule has 0 radical (unpaired) electrons. The third kappa shape index (κ3) is 4.36. The highest BCUT2D eigenvalue weighted by Crippen LogP contribution is 2.29. The van der Waals surface area contributed by atoms with Crippen LogP contribution in [0.1, 0.15) is 36.6 Å². The van der Waals surface area contributed by atoms with E-state index in [9.17, 15) is 4.79 Å². The molecule has 4 rings (SSSR count). The number of rotatable bonds is 5. The monoisotopic (exact) mass is 435 g/mol. The van der Waals surface area contributed by atoms with E-state index in [1.54, 1.807) is 4.68 Å². The summed E-state index contributed by atoms with van der Waals surface area (Å²) in [7, 11) is 1.87. The summed E-state index contributed by atoms with van der Waals surface area (Å²) >= 11 is 1.48. The number of carbonyl (C=O) groups is 1. The summed E-state index contributed by atoms with van der Waals surface area (Å²) in [4.78, 5) is 21.5. The summed E-state index contributed by atoms with van der Waals surface area (Å²) in [6.45, 7) is 8.27. The number of nitrogens with zero attached hydrogens (tertiary/aromatic N) is 4. The molecule has 3 aromatic heterocycles. The van der Waals surface area contributed by atoms with Gasteiger partial charge in [-0.1, -0.05) is 37.6 Å². The maximum atomic E-state index is 12.4. The number of benzene rings is 1. The van der Waals surface area contributed by atoms with E-state index in [0.29, 0.717) is 11.6 Å². The van der Waals surface area contributed by atoms with E-state index in [1.165, 1.54) is 11.3 Å². The first-order chi connectivity index (χ1) is 14.8. The fourth-order valence-corrected chi connectivity index (χ4v) is 4.26. The summed E-state index contributed by atoms with van der Waals surface area (Å²) in [5.74, 6) is 1.33. The van der Waals surface area contributed by atoms with Crippen LogP contribution in [0.25, 0.3) is 21.6 Å². The van der Waals surface area contributed by atoms with E-state index in [2.05, 4.69) is 51.1 Å². The number of pyridine rings is 1. The van der Waals surface area contributed by atoms with Crippen LogP contribution >= 0.6 is 11.3 Å². The number of anilines is 2. The number of carbonyl (C=O) groups excluding carboxylic acids is 1. The standard InChI is InChI=1S/C22H25N7OS/c1-12(2)16-10-17(23-20-19(16)14(4)28-29(20)5)26-27-22(30)25-18-11-31-21(24-18)15-8-6-7-13(3)9-15/h6-12H,1-5H3,(H,23,26)(H2,25,27,30). The van der Waals surface area contributed by atoms with Crippen LogP contribution < -0.4 is 16.2 Å². The number of nitrogens with one attached hydrogen (secondary N) is 3. The lowest BCUT2D eigenvalue weighted by Crippen LogP contribution is -2.34. The molecular formula is C22H25N7OS. The van der Waals surface area contributed by atoms with Crippen LogP contribution in [0, 0.1) is 13.8 Å². The third-order valence-electron chi connectivity index (χ3n) is 4.94. The Morgan fingerprint density at radius 2 is 1.94 bits per heavy atom. The highest BCUT2D eigenvalue weighted by atomic mass is 32.1. The molecule has 0 saturated heterocycles. The smallest absolute Gasteiger partial charge is 0.290 e. The Bertz CT molecular complexity index is 1260. The Morgan fingerprint density at radius 1 is 1.13 bits per heavy atom. The van der Waals surface area contributed by atoms with Crippen LogP contribution in [0.3, 0.4) is 0 Å². The predicted octanol–water partition coefficient (Wildman–Crippen LogP) is 4.98. The molecule has 160 valence electrons. The molecule has 4 aromatic rings. The van der Waals surface area contributed by atoms with Crippen molar-refractivity contribution >= 4 is 40.0 Å². The largest absolute Gasteiger partial charge is 0.339 e. The number of hydrogen-bond donors (Lipinski definition) is 3. The molecule has 0 spiro atoms. The van der Waals surface area contributed by atoms with Gasteiger partial charge in [-0.15, -0.1) is 11.3 Å². The fraction of sp³-hybridized carbons (Fsp3) is 0.273. The van der Waals surface area contributed by atoms with Crippen LogP contribution in [-0.4, -0.2) is 25.8 Å². The summed E-state index contributed by atoms with van der Waals surface area (Å²) in [5.41, 5.74) is 10.6. The second-order valence-electron chi connectivity index (χ2n) is 7.77. The van der Waals surface area contributed by atoms with Gasteiger partial charge in [0.05, 0.1) is 5.69 Å². The number of thiazole rings is 1. The molecule has 8 nitrogen and oxygen atoms in total. The number of hydrogen-bond acceptors (Lipinski definition) is 6. The quantitative estimate of drug-likeness (QED) is 0.384. The van der Waals surface area contributed by atoms with Gasteiger partial charge in [0.25, 0.3) is 0 Å². The van der Waals surface area contributed by atoms with E-state index in [0.717, 1.165) is 38.4 Å². The van der Waals surface area contributed by atoms with Crippen LogP contribution in [0.2, 0.25) is 0 Å². The van der Waals surface area contributed by atoms with E-state index < -0.39 is 6.03 Å². The van der Waals surface area contributed by atoms with Crippen molar-refractivity contribution in [1.82, 2.24) is 25.2 Å². The van der Waals surface area contributed by atoms with Crippen molar-refractivity contribution in [2.75, 3.05) is 10.7 Å². The molecule has 0 fully saturated rings. The summed E-state index contributed by atoms with van der Waals surface area (Å²) in [6.07, 6.45) is 0. The summed E-state index contributed by atoms with van der Waals surface area (Å²) in [6, 6.07) is 9.63. The molecule has 3 heterocycles. The van der Waals surface area contributed by atoms with Gasteiger partial charge in [-0.2, -0.15) is 5.10 Å². The minimum Gasteiger partial charge on any atom is -0.290 e. The van der Waals surface area contributed by atoms with Gasteiger partial charge in [0.1, 0.15) is 16.6 Å². The zero-order chi connectivity index (χ0) is 22.1. The minimum absolute atomic E-state index is 0.290. The first-order valence-electron chi connectivity index (χ1n) is 10.0. The molecule has 0 unspecified atom stereocenters. The van der Waals surface area contributed by atoms with Gasteiger partial charge in [0, 0.05) is 23.4 Å². The highest BCUT2D eigenvalue weighted by Gasteiger charge is 2.16. The summed E-state index contributed by atoms with van der Waals surface area (Å²) in [5, 5.41) is 11.0. The van der Waals surface area contributed by atoms with Crippen molar-refractivity contribution in [3.05, 3.63) is 52.5 Å². The van der Waals surface area contributed by atoms with E-state index in [-0.39, 0.29) is 5.92 Å². The lowest BCUT2D eigenvalue weighted by atomic mass is 10.00. The van der Waals surface area contributed by atoms with Crippen molar-refractivity contribution in [2.24, 2.45) is 7.05 Å². The minimum atomic E-state index is -0.421. The molecular weight excluding hydrogens is 410 g/mol. The Hall–Kier alpha value is -3.46. The topological polar surface area (TPSA) is 96.8 Å². The van der Waals surface area contributed by atoms with Crippen LogP contribution in [-0.2, 0) is 7.05 Å². The van der Waals surface area contributed by atoms with Crippen molar-refractivity contribution in [2.45, 2.75) is 33.6 Å². The molecule has 0 atom stereocenters. The van der Waals surface area contributed by atoms with Crippen LogP contribution in [0.15, 0.2) is 35.7 Å². The van der Waals surface area contributed by atoms with Gasteiger partial charge in [-0.3, -0.25) is 15.4 Å². The Morgan fingerprint density at radius 3 is 2.68 bits per heavy atom. The maximum Gasteiger partial charge on any atom is 0.339 e. The first kappa shape index (κ1) is 20.8. The number of hydrazine groups is 1. The zero-order valence-corrected chi connectivity index (χ0v) is 19.0. The van der Waals surface area contributed by atoms with Crippen molar-refractivity contribution in [1.29, 1.82) is 0 Å². The van der Waals surface area contributed by atoms with Crippen LogP contribution in [0.5, 0.6) is 0 Å². The molecule has 31 heavy (non-hydrogen) atoms. The lowest BCUT2D eigenvalue weighted by Gasteiger charge is -2.13. The molecule has 0 aliphatic heterocycles. The number of urea groups is 1. The zero-order valence-electron chi connectivity index (χ0n) is 18.1. The summed E-state index contributed by atoms with van der Waals surface area (Å²) < 4.78 is 1.75. The van der Waals surface area contributed by atoms with Crippen molar-refractivity contribution in [3.8, 4) is 10.6 Å². The number of aryl methyl sites for hydroxylation is 3. The normalized spacial score (nSPS) is 11.2. The van der Waals surface area contributed by atoms with Crippen molar-refractivity contribution < 1.29 is 4.79 Å². The van der Waals surface area contributed by atoms with Crippen LogP contribution in [0.4, 0.5) is 16.4 Å². The average Bonchev–Trinajstić information content (AvgIpc) is 3.30. The average molecular weight is 436 g/mol. The molecule has 1 aromatic carbocycles. The van der Waals surface area contributed by atoms with Gasteiger partial charge >= 0.3 is 6.03 Å². The second-order valence-corrected chi connectivity index (χ2v) is 8.63.